The molecule has 1 saturated heterocycles. The van der Waals surface area contributed by atoms with Gasteiger partial charge in [-0.05, 0) is 18.2 Å². The lowest BCUT2D eigenvalue weighted by atomic mass is 10.1. The third-order valence-electron chi connectivity index (χ3n) is 4.04. The van der Waals surface area contributed by atoms with E-state index in [9.17, 15) is 14.0 Å². The summed E-state index contributed by atoms with van der Waals surface area (Å²) in [6.07, 6.45) is 0.484. The molecule has 1 aliphatic rings. The fraction of sp³-hybridized carbons (Fsp3) is 0.412. The summed E-state index contributed by atoms with van der Waals surface area (Å²) in [7, 11) is 1.53. The molecule has 1 fully saturated rings. The third-order valence-corrected chi connectivity index (χ3v) is 4.04. The highest BCUT2D eigenvalue weighted by Gasteiger charge is 2.35. The van der Waals surface area contributed by atoms with Gasteiger partial charge in [-0.15, -0.1) is 0 Å². The SMILES string of the molecule is COCc1noc(CCNC(=O)[C@H]2CC(=O)N(c3cccc(F)c3)C2)n1. The molecule has 2 aromatic rings. The van der Waals surface area contributed by atoms with Gasteiger partial charge in [0.05, 0.1) is 5.92 Å². The molecule has 1 aromatic carbocycles. The van der Waals surface area contributed by atoms with Crippen LogP contribution in [0, 0.1) is 11.7 Å². The predicted octanol–water partition coefficient (Wildman–Crippen LogP) is 1.07. The number of anilines is 1. The van der Waals surface area contributed by atoms with Gasteiger partial charge in [-0.2, -0.15) is 4.98 Å². The minimum atomic E-state index is -0.475. The number of rotatable bonds is 7. The van der Waals surface area contributed by atoms with Gasteiger partial charge < -0.3 is 19.5 Å². The van der Waals surface area contributed by atoms with E-state index in [2.05, 4.69) is 15.5 Å². The van der Waals surface area contributed by atoms with Crippen LogP contribution in [0.2, 0.25) is 0 Å². The first-order valence-electron chi connectivity index (χ1n) is 8.21. The quantitative estimate of drug-likeness (QED) is 0.791. The molecule has 2 amide bonds. The number of aromatic nitrogens is 2. The molecule has 1 N–H and O–H groups in total. The monoisotopic (exact) mass is 362 g/mol. The molecule has 1 aromatic heterocycles. The fourth-order valence-electron chi connectivity index (χ4n) is 2.79. The van der Waals surface area contributed by atoms with E-state index in [0.29, 0.717) is 30.4 Å². The van der Waals surface area contributed by atoms with Crippen LogP contribution in [0.4, 0.5) is 10.1 Å². The number of hydrogen-bond acceptors (Lipinski definition) is 6. The third kappa shape index (κ3) is 4.23. The fourth-order valence-corrected chi connectivity index (χ4v) is 2.79. The molecule has 3 rings (SSSR count). The molecule has 1 aliphatic heterocycles. The van der Waals surface area contributed by atoms with E-state index in [0.717, 1.165) is 0 Å². The maximum absolute atomic E-state index is 13.3. The van der Waals surface area contributed by atoms with Crippen LogP contribution in [-0.2, 0) is 27.4 Å². The van der Waals surface area contributed by atoms with Crippen molar-refractivity contribution in [2.45, 2.75) is 19.4 Å². The van der Waals surface area contributed by atoms with Crippen molar-refractivity contribution in [2.75, 3.05) is 25.1 Å². The number of hydrogen-bond donors (Lipinski definition) is 1. The van der Waals surface area contributed by atoms with Crippen molar-refractivity contribution in [2.24, 2.45) is 5.92 Å². The topological polar surface area (TPSA) is 97.6 Å². The second-order valence-corrected chi connectivity index (χ2v) is 5.96. The molecule has 2 heterocycles. The number of ether oxygens (including phenoxy) is 1. The Bertz CT molecular complexity index is 795. The lowest BCUT2D eigenvalue weighted by molar-refractivity contribution is -0.126. The normalized spacial score (nSPS) is 16.9. The summed E-state index contributed by atoms with van der Waals surface area (Å²) in [5.74, 6) is -0.471. The van der Waals surface area contributed by atoms with Gasteiger partial charge in [0.1, 0.15) is 12.4 Å². The lowest BCUT2D eigenvalue weighted by Gasteiger charge is -2.16. The van der Waals surface area contributed by atoms with E-state index in [1.807, 2.05) is 0 Å². The molecule has 1 atom stereocenters. The Morgan fingerprint density at radius 2 is 2.35 bits per heavy atom. The zero-order chi connectivity index (χ0) is 18.5. The van der Waals surface area contributed by atoms with Crippen molar-refractivity contribution < 1.29 is 23.2 Å². The second-order valence-electron chi connectivity index (χ2n) is 5.96. The van der Waals surface area contributed by atoms with Crippen molar-refractivity contribution >= 4 is 17.5 Å². The van der Waals surface area contributed by atoms with Gasteiger partial charge in [-0.1, -0.05) is 11.2 Å². The van der Waals surface area contributed by atoms with Crippen LogP contribution in [0.15, 0.2) is 28.8 Å². The number of nitrogens with zero attached hydrogens (tertiary/aromatic N) is 3. The average Bonchev–Trinajstić information content (AvgIpc) is 3.22. The largest absolute Gasteiger partial charge is 0.377 e. The van der Waals surface area contributed by atoms with Crippen LogP contribution in [0.5, 0.6) is 0 Å². The van der Waals surface area contributed by atoms with Gasteiger partial charge in [0, 0.05) is 38.7 Å². The van der Waals surface area contributed by atoms with Crippen molar-refractivity contribution in [1.82, 2.24) is 15.5 Å². The molecule has 9 heteroatoms. The molecule has 138 valence electrons. The summed E-state index contributed by atoms with van der Waals surface area (Å²) in [6, 6.07) is 5.77. The number of nitrogens with one attached hydrogen (secondary N) is 1. The standard InChI is InChI=1S/C17H19FN4O4/c1-25-10-14-20-15(26-21-14)5-6-19-17(24)11-7-16(23)22(9-11)13-4-2-3-12(18)8-13/h2-4,8,11H,5-7,9-10H2,1H3,(H,19,24)/t11-/m0/s1. The van der Waals surface area contributed by atoms with E-state index in [-0.39, 0.29) is 31.4 Å². The summed E-state index contributed by atoms with van der Waals surface area (Å²) >= 11 is 0. The molecular weight excluding hydrogens is 343 g/mol. The Morgan fingerprint density at radius 1 is 1.50 bits per heavy atom. The van der Waals surface area contributed by atoms with Crippen LogP contribution < -0.4 is 10.2 Å². The van der Waals surface area contributed by atoms with Gasteiger partial charge in [-0.25, -0.2) is 4.39 Å². The number of methoxy groups -OCH3 is 1. The number of benzene rings is 1. The minimum absolute atomic E-state index is 0.0981. The van der Waals surface area contributed by atoms with Gasteiger partial charge >= 0.3 is 0 Å². The van der Waals surface area contributed by atoms with Crippen molar-refractivity contribution in [3.05, 3.63) is 41.8 Å². The average molecular weight is 362 g/mol. The first-order chi connectivity index (χ1) is 12.6. The minimum Gasteiger partial charge on any atom is -0.377 e. The lowest BCUT2D eigenvalue weighted by Crippen LogP contribution is -2.34. The summed E-state index contributed by atoms with van der Waals surface area (Å²) < 4.78 is 23.3. The van der Waals surface area contributed by atoms with Crippen molar-refractivity contribution in [3.63, 3.8) is 0 Å². The maximum Gasteiger partial charge on any atom is 0.228 e. The number of carbonyl (C=O) groups excluding carboxylic acids is 2. The van der Waals surface area contributed by atoms with Crippen LogP contribution in [0.25, 0.3) is 0 Å². The van der Waals surface area contributed by atoms with Crippen LogP contribution in [0.3, 0.4) is 0 Å². The highest BCUT2D eigenvalue weighted by atomic mass is 19.1. The van der Waals surface area contributed by atoms with Crippen LogP contribution in [0.1, 0.15) is 18.1 Å². The summed E-state index contributed by atoms with van der Waals surface area (Å²) in [4.78, 5) is 30.0. The molecule has 26 heavy (non-hydrogen) atoms. The molecule has 8 nitrogen and oxygen atoms in total. The number of amides is 2. The van der Waals surface area contributed by atoms with E-state index in [1.54, 1.807) is 6.07 Å². The second kappa shape index (κ2) is 8.05. The molecule has 0 bridgehead atoms. The van der Waals surface area contributed by atoms with Gasteiger partial charge in [0.15, 0.2) is 5.82 Å². The van der Waals surface area contributed by atoms with Crippen molar-refractivity contribution in [3.8, 4) is 0 Å². The molecule has 0 saturated carbocycles. The van der Waals surface area contributed by atoms with Crippen molar-refractivity contribution in [1.29, 1.82) is 0 Å². The zero-order valence-corrected chi connectivity index (χ0v) is 14.3. The van der Waals surface area contributed by atoms with E-state index in [4.69, 9.17) is 9.26 Å². The Labute approximate surface area is 149 Å². The Kier molecular flexibility index (Phi) is 5.57. The summed E-state index contributed by atoms with van der Waals surface area (Å²) in [5, 5.41) is 6.50. The number of carbonyl (C=O) groups is 2. The van der Waals surface area contributed by atoms with Crippen LogP contribution >= 0.6 is 0 Å². The summed E-state index contributed by atoms with van der Waals surface area (Å²) in [5.41, 5.74) is 0.460. The predicted molar refractivity (Wildman–Crippen MR) is 88.6 cm³/mol. The highest BCUT2D eigenvalue weighted by molar-refractivity contribution is 6.00. The highest BCUT2D eigenvalue weighted by Crippen LogP contribution is 2.25. The van der Waals surface area contributed by atoms with E-state index in [1.165, 1.54) is 30.2 Å². The van der Waals surface area contributed by atoms with Crippen LogP contribution in [-0.4, -0.2) is 42.2 Å². The van der Waals surface area contributed by atoms with Gasteiger partial charge in [0.25, 0.3) is 0 Å². The number of halogens is 1. The zero-order valence-electron chi connectivity index (χ0n) is 14.3. The molecular formula is C17H19FN4O4. The summed E-state index contributed by atoms with van der Waals surface area (Å²) in [6.45, 7) is 0.806. The molecule has 0 unspecified atom stereocenters. The van der Waals surface area contributed by atoms with Gasteiger partial charge in [-0.3, -0.25) is 9.59 Å². The van der Waals surface area contributed by atoms with E-state index < -0.39 is 11.7 Å². The van der Waals surface area contributed by atoms with E-state index >= 15 is 0 Å². The molecule has 0 aliphatic carbocycles. The first-order valence-corrected chi connectivity index (χ1v) is 8.21. The smallest absolute Gasteiger partial charge is 0.228 e. The molecule has 0 radical (unpaired) electrons. The Hall–Kier alpha value is -2.81. The first kappa shape index (κ1) is 18.0. The Balaban J connectivity index is 1.50. The molecule has 0 spiro atoms. The Morgan fingerprint density at radius 3 is 3.12 bits per heavy atom. The maximum atomic E-state index is 13.3. The van der Waals surface area contributed by atoms with Gasteiger partial charge in [0.2, 0.25) is 17.7 Å².